The van der Waals surface area contributed by atoms with Gasteiger partial charge in [0.25, 0.3) is 0 Å². The molecule has 2 rings (SSSR count). The van der Waals surface area contributed by atoms with Gasteiger partial charge in [0, 0.05) is 25.6 Å². The summed E-state index contributed by atoms with van der Waals surface area (Å²) in [6.45, 7) is 1.94. The molecule has 0 radical (unpaired) electrons. The molecule has 0 spiro atoms. The first-order valence-corrected chi connectivity index (χ1v) is 7.75. The molecule has 3 heteroatoms. The zero-order chi connectivity index (χ0) is 12.8. The van der Waals surface area contributed by atoms with E-state index in [1.165, 1.54) is 44.9 Å². The average molecular weight is 252 g/mol. The summed E-state index contributed by atoms with van der Waals surface area (Å²) in [5.74, 6) is 1.24. The molecule has 1 saturated carbocycles. The highest BCUT2D eigenvalue weighted by molar-refractivity contribution is 5.76. The molecule has 104 valence electrons. The van der Waals surface area contributed by atoms with Crippen LogP contribution in [0.2, 0.25) is 0 Å². The van der Waals surface area contributed by atoms with Crippen molar-refractivity contribution in [2.24, 2.45) is 5.92 Å². The molecule has 1 aliphatic heterocycles. The second kappa shape index (κ2) is 7.13. The molecular formula is C15H28N2O. The Balaban J connectivity index is 1.77. The minimum absolute atomic E-state index is 0.404. The molecule has 0 aromatic carbocycles. The van der Waals surface area contributed by atoms with Gasteiger partial charge in [-0.25, -0.2) is 0 Å². The third-order valence-electron chi connectivity index (χ3n) is 4.63. The number of likely N-dealkylation sites (N-methyl/N-ethyl adjacent to an activating group) is 1. The number of rotatable bonds is 5. The Morgan fingerprint density at radius 3 is 2.61 bits per heavy atom. The summed E-state index contributed by atoms with van der Waals surface area (Å²) in [5.41, 5.74) is 0. The van der Waals surface area contributed by atoms with E-state index in [2.05, 4.69) is 10.2 Å². The molecule has 1 saturated heterocycles. The SMILES string of the molecule is CNCC1CCCCN1C(=O)CCC1CCCC1. The number of piperidine rings is 1. The first kappa shape index (κ1) is 13.9. The van der Waals surface area contributed by atoms with Crippen molar-refractivity contribution in [3.8, 4) is 0 Å². The van der Waals surface area contributed by atoms with Gasteiger partial charge in [0.2, 0.25) is 5.91 Å². The van der Waals surface area contributed by atoms with Gasteiger partial charge < -0.3 is 10.2 Å². The molecule has 1 aliphatic carbocycles. The van der Waals surface area contributed by atoms with Crippen molar-refractivity contribution < 1.29 is 4.79 Å². The number of likely N-dealkylation sites (tertiary alicyclic amines) is 1. The minimum atomic E-state index is 0.404. The highest BCUT2D eigenvalue weighted by Gasteiger charge is 2.26. The highest BCUT2D eigenvalue weighted by Crippen LogP contribution is 2.29. The van der Waals surface area contributed by atoms with Gasteiger partial charge in [0.1, 0.15) is 0 Å². The summed E-state index contributed by atoms with van der Waals surface area (Å²) in [5, 5.41) is 3.23. The zero-order valence-corrected chi connectivity index (χ0v) is 11.8. The second-order valence-corrected chi connectivity index (χ2v) is 5.98. The largest absolute Gasteiger partial charge is 0.338 e. The van der Waals surface area contributed by atoms with E-state index in [4.69, 9.17) is 0 Å². The predicted octanol–water partition coefficient (Wildman–Crippen LogP) is 2.56. The van der Waals surface area contributed by atoms with Crippen LogP contribution >= 0.6 is 0 Å². The Hall–Kier alpha value is -0.570. The summed E-state index contributed by atoms with van der Waals surface area (Å²) in [7, 11) is 1.98. The molecule has 1 heterocycles. The Bertz CT molecular complexity index is 259. The van der Waals surface area contributed by atoms with Crippen molar-refractivity contribution in [1.29, 1.82) is 0 Å². The van der Waals surface area contributed by atoms with Crippen LogP contribution < -0.4 is 5.32 Å². The zero-order valence-electron chi connectivity index (χ0n) is 11.8. The van der Waals surface area contributed by atoms with Gasteiger partial charge in [-0.3, -0.25) is 4.79 Å². The lowest BCUT2D eigenvalue weighted by Crippen LogP contribution is -2.48. The highest BCUT2D eigenvalue weighted by atomic mass is 16.2. The Morgan fingerprint density at radius 2 is 1.89 bits per heavy atom. The van der Waals surface area contributed by atoms with E-state index in [9.17, 15) is 4.79 Å². The van der Waals surface area contributed by atoms with Crippen LogP contribution in [0.1, 0.15) is 57.8 Å². The summed E-state index contributed by atoms with van der Waals surface area (Å²) in [6, 6.07) is 0.444. The van der Waals surface area contributed by atoms with Gasteiger partial charge in [0.05, 0.1) is 0 Å². The van der Waals surface area contributed by atoms with Crippen molar-refractivity contribution in [1.82, 2.24) is 10.2 Å². The number of nitrogens with one attached hydrogen (secondary N) is 1. The average Bonchev–Trinajstić information content (AvgIpc) is 2.90. The first-order valence-electron chi connectivity index (χ1n) is 7.75. The van der Waals surface area contributed by atoms with Crippen molar-refractivity contribution in [2.75, 3.05) is 20.1 Å². The van der Waals surface area contributed by atoms with Crippen LogP contribution in [0.5, 0.6) is 0 Å². The van der Waals surface area contributed by atoms with E-state index in [1.54, 1.807) is 0 Å². The molecule has 1 amide bonds. The van der Waals surface area contributed by atoms with Gasteiger partial charge in [-0.15, -0.1) is 0 Å². The monoisotopic (exact) mass is 252 g/mol. The van der Waals surface area contributed by atoms with Crippen molar-refractivity contribution >= 4 is 5.91 Å². The minimum Gasteiger partial charge on any atom is -0.338 e. The molecular weight excluding hydrogens is 224 g/mol. The van der Waals surface area contributed by atoms with Gasteiger partial charge in [-0.1, -0.05) is 25.7 Å². The molecule has 3 nitrogen and oxygen atoms in total. The van der Waals surface area contributed by atoms with E-state index < -0.39 is 0 Å². The van der Waals surface area contributed by atoms with Gasteiger partial charge in [-0.2, -0.15) is 0 Å². The second-order valence-electron chi connectivity index (χ2n) is 5.98. The maximum atomic E-state index is 12.3. The quantitative estimate of drug-likeness (QED) is 0.815. The summed E-state index contributed by atoms with van der Waals surface area (Å²) >= 11 is 0. The van der Waals surface area contributed by atoms with Gasteiger partial charge in [-0.05, 0) is 38.6 Å². The lowest BCUT2D eigenvalue weighted by molar-refractivity contribution is -0.135. The van der Waals surface area contributed by atoms with E-state index in [-0.39, 0.29) is 0 Å². The summed E-state index contributed by atoms with van der Waals surface area (Å²) in [4.78, 5) is 14.5. The van der Waals surface area contributed by atoms with E-state index in [1.807, 2.05) is 7.05 Å². The number of hydrogen-bond donors (Lipinski definition) is 1. The molecule has 18 heavy (non-hydrogen) atoms. The number of hydrogen-bond acceptors (Lipinski definition) is 2. The maximum Gasteiger partial charge on any atom is 0.222 e. The predicted molar refractivity (Wildman–Crippen MR) is 74.5 cm³/mol. The molecule has 1 unspecified atom stereocenters. The van der Waals surface area contributed by atoms with Crippen molar-refractivity contribution in [3.63, 3.8) is 0 Å². The Morgan fingerprint density at radius 1 is 1.17 bits per heavy atom. The Labute approximate surface area is 111 Å². The number of carbonyl (C=O) groups is 1. The molecule has 0 aromatic rings. The van der Waals surface area contributed by atoms with Gasteiger partial charge in [0.15, 0.2) is 0 Å². The fraction of sp³-hybridized carbons (Fsp3) is 0.933. The lowest BCUT2D eigenvalue weighted by atomic mass is 9.98. The third kappa shape index (κ3) is 3.71. The van der Waals surface area contributed by atoms with Crippen LogP contribution in [0.15, 0.2) is 0 Å². The molecule has 0 aromatic heterocycles. The standard InChI is InChI=1S/C15H28N2O/c1-16-12-14-8-4-5-11-17(14)15(18)10-9-13-6-2-3-7-13/h13-14,16H,2-12H2,1H3. The maximum absolute atomic E-state index is 12.3. The number of amides is 1. The molecule has 1 atom stereocenters. The van der Waals surface area contributed by atoms with E-state index in [0.29, 0.717) is 11.9 Å². The first-order chi connectivity index (χ1) is 8.81. The topological polar surface area (TPSA) is 32.3 Å². The molecule has 2 aliphatic rings. The van der Waals surface area contributed by atoms with E-state index >= 15 is 0 Å². The molecule has 1 N–H and O–H groups in total. The smallest absolute Gasteiger partial charge is 0.222 e. The lowest BCUT2D eigenvalue weighted by Gasteiger charge is -2.36. The van der Waals surface area contributed by atoms with Crippen LogP contribution in [0.25, 0.3) is 0 Å². The van der Waals surface area contributed by atoms with Crippen LogP contribution in [-0.2, 0) is 4.79 Å². The van der Waals surface area contributed by atoms with Crippen molar-refractivity contribution in [2.45, 2.75) is 63.8 Å². The fourth-order valence-corrected chi connectivity index (χ4v) is 3.55. The van der Waals surface area contributed by atoms with Crippen molar-refractivity contribution in [3.05, 3.63) is 0 Å². The fourth-order valence-electron chi connectivity index (χ4n) is 3.55. The third-order valence-corrected chi connectivity index (χ3v) is 4.63. The summed E-state index contributed by atoms with van der Waals surface area (Å²) < 4.78 is 0. The molecule has 2 fully saturated rings. The summed E-state index contributed by atoms with van der Waals surface area (Å²) in [6.07, 6.45) is 11.0. The molecule has 0 bridgehead atoms. The van der Waals surface area contributed by atoms with Gasteiger partial charge >= 0.3 is 0 Å². The van der Waals surface area contributed by atoms with Crippen LogP contribution in [0.3, 0.4) is 0 Å². The van der Waals surface area contributed by atoms with Crippen LogP contribution in [0.4, 0.5) is 0 Å². The van der Waals surface area contributed by atoms with Crippen LogP contribution in [-0.4, -0.2) is 37.0 Å². The number of nitrogens with zero attached hydrogens (tertiary/aromatic N) is 1. The Kier molecular flexibility index (Phi) is 5.48. The number of carbonyl (C=O) groups excluding carboxylic acids is 1. The van der Waals surface area contributed by atoms with E-state index in [0.717, 1.165) is 31.8 Å². The van der Waals surface area contributed by atoms with Crippen LogP contribution in [0, 0.1) is 5.92 Å². The normalized spacial score (nSPS) is 25.6.